The Hall–Kier alpha value is -2.22. The maximum Gasteiger partial charge on any atom is 0.207 e. The van der Waals surface area contributed by atoms with E-state index < -0.39 is 0 Å². The number of hydrogen-bond donors (Lipinski definition) is 3. The third kappa shape index (κ3) is 6.78. The van der Waals surface area contributed by atoms with Crippen molar-refractivity contribution >= 4 is 23.8 Å². The van der Waals surface area contributed by atoms with Gasteiger partial charge in [-0.15, -0.1) is 0 Å². The molecule has 0 aliphatic carbocycles. The van der Waals surface area contributed by atoms with E-state index in [4.69, 9.17) is 15.1 Å². The average molecular weight is 377 g/mol. The van der Waals surface area contributed by atoms with Gasteiger partial charge in [0.1, 0.15) is 17.7 Å². The fraction of sp³-hybridized carbons (Fsp3) is 0.684. The van der Waals surface area contributed by atoms with Crippen molar-refractivity contribution in [1.82, 2.24) is 15.3 Å². The van der Waals surface area contributed by atoms with Gasteiger partial charge in [0.25, 0.3) is 0 Å². The summed E-state index contributed by atoms with van der Waals surface area (Å²) in [5.41, 5.74) is 0.929. The standard InChI is InChI=1S/C19H32N6O2/c1-14(2)12-25(9-6-8-21-13-26)16-11-22-18(15(3)20)19(23-16)24-17-7-4-5-10-27-17/h11,13-14,17,20H,4-10,12H2,1-3H3,(H,21,26)(H,23,24). The largest absolute Gasteiger partial charge is 0.359 e. The van der Waals surface area contributed by atoms with Crippen LogP contribution in [0.2, 0.25) is 0 Å². The van der Waals surface area contributed by atoms with Crippen molar-refractivity contribution in [2.45, 2.75) is 52.7 Å². The summed E-state index contributed by atoms with van der Waals surface area (Å²) in [5.74, 6) is 1.85. The van der Waals surface area contributed by atoms with E-state index in [0.29, 0.717) is 29.7 Å². The van der Waals surface area contributed by atoms with Crippen LogP contribution in [0.1, 0.15) is 52.1 Å². The monoisotopic (exact) mass is 376 g/mol. The Morgan fingerprint density at radius 1 is 1.48 bits per heavy atom. The topological polar surface area (TPSA) is 103 Å². The first kappa shape index (κ1) is 21.1. The van der Waals surface area contributed by atoms with Gasteiger partial charge in [0.05, 0.1) is 11.9 Å². The molecule has 2 heterocycles. The number of carbonyl (C=O) groups excluding carboxylic acids is 1. The van der Waals surface area contributed by atoms with E-state index >= 15 is 0 Å². The first-order valence-electron chi connectivity index (χ1n) is 9.74. The highest BCUT2D eigenvalue weighted by molar-refractivity contribution is 5.98. The van der Waals surface area contributed by atoms with Crippen LogP contribution in [0.3, 0.4) is 0 Å². The molecule has 3 N–H and O–H groups in total. The Morgan fingerprint density at radius 2 is 2.30 bits per heavy atom. The van der Waals surface area contributed by atoms with Crippen LogP contribution in [0, 0.1) is 11.3 Å². The summed E-state index contributed by atoms with van der Waals surface area (Å²) in [4.78, 5) is 21.9. The zero-order valence-corrected chi connectivity index (χ0v) is 16.6. The summed E-state index contributed by atoms with van der Waals surface area (Å²) in [7, 11) is 0. The molecular weight excluding hydrogens is 344 g/mol. The Morgan fingerprint density at radius 3 is 2.93 bits per heavy atom. The molecule has 1 aliphatic rings. The summed E-state index contributed by atoms with van der Waals surface area (Å²) in [6, 6.07) is 0. The quantitative estimate of drug-likeness (QED) is 0.311. The lowest BCUT2D eigenvalue weighted by atomic mass is 10.2. The van der Waals surface area contributed by atoms with Crippen molar-refractivity contribution in [3.05, 3.63) is 11.9 Å². The molecule has 0 aromatic carbocycles. The fourth-order valence-corrected chi connectivity index (χ4v) is 3.09. The number of carbonyl (C=O) groups is 1. The summed E-state index contributed by atoms with van der Waals surface area (Å²) in [6.45, 7) is 9.03. The van der Waals surface area contributed by atoms with Gasteiger partial charge < -0.3 is 25.7 Å². The number of hydrogen-bond acceptors (Lipinski definition) is 7. The van der Waals surface area contributed by atoms with Crippen molar-refractivity contribution in [3.8, 4) is 0 Å². The lowest BCUT2D eigenvalue weighted by molar-refractivity contribution is -0.109. The second kappa shape index (κ2) is 10.8. The summed E-state index contributed by atoms with van der Waals surface area (Å²) in [6.07, 6.45) is 6.32. The number of rotatable bonds is 11. The number of amides is 1. The van der Waals surface area contributed by atoms with Gasteiger partial charge in [-0.2, -0.15) is 0 Å². The van der Waals surface area contributed by atoms with Crippen LogP contribution in [0.25, 0.3) is 0 Å². The van der Waals surface area contributed by atoms with Crippen LogP contribution < -0.4 is 15.5 Å². The second-order valence-corrected chi connectivity index (χ2v) is 7.32. The molecule has 0 bridgehead atoms. The molecule has 1 unspecified atom stereocenters. The summed E-state index contributed by atoms with van der Waals surface area (Å²) < 4.78 is 5.77. The van der Waals surface area contributed by atoms with Crippen molar-refractivity contribution in [2.24, 2.45) is 5.92 Å². The average Bonchev–Trinajstić information content (AvgIpc) is 2.64. The molecule has 150 valence electrons. The van der Waals surface area contributed by atoms with Crippen molar-refractivity contribution in [1.29, 1.82) is 5.41 Å². The Balaban J connectivity index is 2.19. The number of nitrogens with one attached hydrogen (secondary N) is 3. The lowest BCUT2D eigenvalue weighted by Gasteiger charge is -2.28. The van der Waals surface area contributed by atoms with Gasteiger partial charge in [0.15, 0.2) is 5.82 Å². The number of nitrogens with zero attached hydrogens (tertiary/aromatic N) is 3. The van der Waals surface area contributed by atoms with Crippen LogP contribution in [0.4, 0.5) is 11.6 Å². The number of anilines is 2. The smallest absolute Gasteiger partial charge is 0.207 e. The van der Waals surface area contributed by atoms with Crippen LogP contribution in [-0.4, -0.2) is 54.6 Å². The third-order valence-electron chi connectivity index (χ3n) is 4.33. The van der Waals surface area contributed by atoms with Crippen LogP contribution in [0.15, 0.2) is 6.20 Å². The maximum atomic E-state index is 10.4. The third-order valence-corrected chi connectivity index (χ3v) is 4.33. The van der Waals surface area contributed by atoms with E-state index in [1.54, 1.807) is 13.1 Å². The Bertz CT molecular complexity index is 616. The molecule has 1 saturated heterocycles. The van der Waals surface area contributed by atoms with Crippen molar-refractivity contribution in [3.63, 3.8) is 0 Å². The molecule has 0 radical (unpaired) electrons. The normalized spacial score (nSPS) is 16.8. The van der Waals surface area contributed by atoms with E-state index in [2.05, 4.69) is 34.4 Å². The SMILES string of the molecule is CC(=N)c1ncc(N(CCCNC=O)CC(C)C)nc1NC1CCCCO1. The van der Waals surface area contributed by atoms with Crippen molar-refractivity contribution < 1.29 is 9.53 Å². The molecule has 1 atom stereocenters. The first-order valence-corrected chi connectivity index (χ1v) is 9.74. The van der Waals surface area contributed by atoms with Gasteiger partial charge in [-0.05, 0) is 38.5 Å². The van der Waals surface area contributed by atoms with E-state index in [1.807, 2.05) is 0 Å². The predicted octanol–water partition coefficient (Wildman–Crippen LogP) is 2.40. The van der Waals surface area contributed by atoms with E-state index in [0.717, 1.165) is 57.6 Å². The zero-order valence-electron chi connectivity index (χ0n) is 16.6. The van der Waals surface area contributed by atoms with Gasteiger partial charge in [-0.25, -0.2) is 9.97 Å². The molecular formula is C19H32N6O2. The molecule has 8 heteroatoms. The maximum absolute atomic E-state index is 10.4. The highest BCUT2D eigenvalue weighted by atomic mass is 16.5. The highest BCUT2D eigenvalue weighted by Gasteiger charge is 2.19. The Labute approximate surface area is 161 Å². The molecule has 0 spiro atoms. The van der Waals surface area contributed by atoms with E-state index in [1.165, 1.54) is 0 Å². The molecule has 1 aromatic rings. The molecule has 1 aliphatic heterocycles. The first-order chi connectivity index (χ1) is 13.0. The molecule has 1 fully saturated rings. The van der Waals surface area contributed by atoms with E-state index in [-0.39, 0.29) is 6.23 Å². The van der Waals surface area contributed by atoms with E-state index in [9.17, 15) is 4.79 Å². The molecule has 1 aromatic heterocycles. The number of aromatic nitrogens is 2. The molecule has 2 rings (SSSR count). The predicted molar refractivity (Wildman–Crippen MR) is 107 cm³/mol. The van der Waals surface area contributed by atoms with Crippen molar-refractivity contribution in [2.75, 3.05) is 36.5 Å². The summed E-state index contributed by atoms with van der Waals surface area (Å²) in [5, 5.41) is 14.0. The molecule has 8 nitrogen and oxygen atoms in total. The minimum Gasteiger partial charge on any atom is -0.359 e. The van der Waals surface area contributed by atoms with Gasteiger partial charge >= 0.3 is 0 Å². The van der Waals surface area contributed by atoms with Crippen LogP contribution in [0.5, 0.6) is 0 Å². The van der Waals surface area contributed by atoms with Gasteiger partial charge in [-0.1, -0.05) is 13.8 Å². The molecule has 1 amide bonds. The lowest BCUT2D eigenvalue weighted by Crippen LogP contribution is -2.33. The highest BCUT2D eigenvalue weighted by Crippen LogP contribution is 2.22. The van der Waals surface area contributed by atoms with Crippen LogP contribution in [-0.2, 0) is 9.53 Å². The summed E-state index contributed by atoms with van der Waals surface area (Å²) >= 11 is 0. The fourth-order valence-electron chi connectivity index (χ4n) is 3.09. The van der Waals surface area contributed by atoms with Crippen LogP contribution >= 0.6 is 0 Å². The van der Waals surface area contributed by atoms with Gasteiger partial charge in [0, 0.05) is 26.2 Å². The minimum absolute atomic E-state index is 0.0864. The van der Waals surface area contributed by atoms with Gasteiger partial charge in [-0.3, -0.25) is 4.79 Å². The minimum atomic E-state index is -0.0864. The number of ether oxygens (including phenoxy) is 1. The second-order valence-electron chi connectivity index (χ2n) is 7.32. The zero-order chi connectivity index (χ0) is 19.6. The van der Waals surface area contributed by atoms with Gasteiger partial charge in [0.2, 0.25) is 6.41 Å². The Kier molecular flexibility index (Phi) is 8.44. The molecule has 0 saturated carbocycles. The molecule has 27 heavy (non-hydrogen) atoms.